The average Bonchev–Trinajstić information content (AvgIpc) is 2.38. The fourth-order valence-electron chi connectivity index (χ4n) is 1.41. The summed E-state index contributed by atoms with van der Waals surface area (Å²) in [6.07, 6.45) is 3.47. The summed E-state index contributed by atoms with van der Waals surface area (Å²) in [4.78, 5) is 16.9. The summed E-state index contributed by atoms with van der Waals surface area (Å²) in [5.74, 6) is 0.624. The zero-order chi connectivity index (χ0) is 12.1. The molecule has 0 unspecified atom stereocenters. The van der Waals surface area contributed by atoms with E-state index in [1.54, 1.807) is 12.4 Å². The minimum atomic E-state index is 0.159. The van der Waals surface area contributed by atoms with Gasteiger partial charge in [-0.1, -0.05) is 29.8 Å². The van der Waals surface area contributed by atoms with Crippen molar-refractivity contribution in [3.63, 3.8) is 0 Å². The molecule has 0 aliphatic carbocycles. The van der Waals surface area contributed by atoms with E-state index in [4.69, 9.17) is 0 Å². The van der Waals surface area contributed by atoms with Crippen LogP contribution in [-0.2, 0) is 0 Å². The molecule has 0 amide bonds. The normalized spacial score (nSPS) is 10.2. The fraction of sp³-hybridized carbons (Fsp3) is 0.143. The van der Waals surface area contributed by atoms with Gasteiger partial charge in [0.25, 0.3) is 0 Å². The summed E-state index contributed by atoms with van der Waals surface area (Å²) in [5.41, 5.74) is 1.94. The SMILES string of the molecule is Cc1ccc(C(=O)CSc2ccncc2)cc1. The van der Waals surface area contributed by atoms with Gasteiger partial charge in [0.15, 0.2) is 5.78 Å². The standard InChI is InChI=1S/C14H13NOS/c1-11-2-4-12(5-3-11)14(16)10-17-13-6-8-15-9-7-13/h2-9H,10H2,1H3. The molecule has 0 atom stereocenters. The smallest absolute Gasteiger partial charge is 0.173 e. The molecule has 2 aromatic rings. The van der Waals surface area contributed by atoms with E-state index < -0.39 is 0 Å². The van der Waals surface area contributed by atoms with Gasteiger partial charge in [0.2, 0.25) is 0 Å². The van der Waals surface area contributed by atoms with Crippen molar-refractivity contribution in [2.75, 3.05) is 5.75 Å². The van der Waals surface area contributed by atoms with Crippen LogP contribution in [0.25, 0.3) is 0 Å². The molecule has 0 fully saturated rings. The summed E-state index contributed by atoms with van der Waals surface area (Å²) in [5, 5.41) is 0. The van der Waals surface area contributed by atoms with Gasteiger partial charge >= 0.3 is 0 Å². The van der Waals surface area contributed by atoms with Gasteiger partial charge in [-0.3, -0.25) is 9.78 Å². The second kappa shape index (κ2) is 5.64. The van der Waals surface area contributed by atoms with Crippen molar-refractivity contribution in [1.82, 2.24) is 4.98 Å². The summed E-state index contributed by atoms with van der Waals surface area (Å²) < 4.78 is 0. The predicted octanol–water partition coefficient (Wildman–Crippen LogP) is 3.37. The Balaban J connectivity index is 1.96. The zero-order valence-electron chi connectivity index (χ0n) is 9.59. The van der Waals surface area contributed by atoms with E-state index >= 15 is 0 Å². The number of thioether (sulfide) groups is 1. The third-order valence-corrected chi connectivity index (χ3v) is 3.41. The van der Waals surface area contributed by atoms with E-state index in [0.717, 1.165) is 10.5 Å². The van der Waals surface area contributed by atoms with Crippen LogP contribution in [0, 0.1) is 6.92 Å². The quantitative estimate of drug-likeness (QED) is 0.609. The molecule has 0 spiro atoms. The molecule has 1 heterocycles. The van der Waals surface area contributed by atoms with Crippen LogP contribution in [-0.4, -0.2) is 16.5 Å². The Bertz CT molecular complexity index is 493. The molecule has 0 N–H and O–H groups in total. The van der Waals surface area contributed by atoms with Crippen LogP contribution in [0.5, 0.6) is 0 Å². The van der Waals surface area contributed by atoms with Crippen molar-refractivity contribution < 1.29 is 4.79 Å². The number of Topliss-reactive ketones (excluding diaryl/α,β-unsaturated/α-hetero) is 1. The molecule has 0 saturated carbocycles. The monoisotopic (exact) mass is 243 g/mol. The van der Waals surface area contributed by atoms with E-state index in [2.05, 4.69) is 4.98 Å². The second-order valence-corrected chi connectivity index (χ2v) is 4.81. The Morgan fingerprint density at radius 3 is 2.41 bits per heavy atom. The number of hydrogen-bond acceptors (Lipinski definition) is 3. The summed E-state index contributed by atoms with van der Waals surface area (Å²) >= 11 is 1.54. The highest BCUT2D eigenvalue weighted by Gasteiger charge is 2.05. The van der Waals surface area contributed by atoms with Crippen LogP contribution in [0.1, 0.15) is 15.9 Å². The van der Waals surface area contributed by atoms with Crippen molar-refractivity contribution in [2.24, 2.45) is 0 Å². The maximum absolute atomic E-state index is 11.9. The van der Waals surface area contributed by atoms with Crippen molar-refractivity contribution in [3.05, 3.63) is 59.9 Å². The number of benzene rings is 1. The van der Waals surface area contributed by atoms with Crippen LogP contribution in [0.2, 0.25) is 0 Å². The van der Waals surface area contributed by atoms with Gasteiger partial charge in [-0.2, -0.15) is 0 Å². The maximum Gasteiger partial charge on any atom is 0.173 e. The number of aromatic nitrogens is 1. The first-order valence-electron chi connectivity index (χ1n) is 5.38. The molecule has 0 bridgehead atoms. The van der Waals surface area contributed by atoms with Gasteiger partial charge in [0.1, 0.15) is 0 Å². The summed E-state index contributed by atoms with van der Waals surface area (Å²) in [6.45, 7) is 2.01. The van der Waals surface area contributed by atoms with Crippen LogP contribution >= 0.6 is 11.8 Å². The minimum absolute atomic E-state index is 0.159. The lowest BCUT2D eigenvalue weighted by molar-refractivity contribution is 0.102. The molecular weight excluding hydrogens is 230 g/mol. The molecule has 0 saturated heterocycles. The predicted molar refractivity (Wildman–Crippen MR) is 70.5 cm³/mol. The maximum atomic E-state index is 11.9. The Morgan fingerprint density at radius 2 is 1.76 bits per heavy atom. The van der Waals surface area contributed by atoms with E-state index in [9.17, 15) is 4.79 Å². The van der Waals surface area contributed by atoms with Gasteiger partial charge in [-0.05, 0) is 19.1 Å². The average molecular weight is 243 g/mol. The molecule has 0 radical (unpaired) electrons. The van der Waals surface area contributed by atoms with E-state index in [0.29, 0.717) is 5.75 Å². The number of ketones is 1. The third-order valence-electron chi connectivity index (χ3n) is 2.39. The number of pyridine rings is 1. The van der Waals surface area contributed by atoms with Gasteiger partial charge in [0.05, 0.1) is 5.75 Å². The Kier molecular flexibility index (Phi) is 3.94. The summed E-state index contributed by atoms with van der Waals surface area (Å²) in [7, 11) is 0. The molecule has 17 heavy (non-hydrogen) atoms. The number of rotatable bonds is 4. The topological polar surface area (TPSA) is 30.0 Å². The summed E-state index contributed by atoms with van der Waals surface area (Å²) in [6, 6.07) is 11.5. The first kappa shape index (κ1) is 11.9. The lowest BCUT2D eigenvalue weighted by Gasteiger charge is -2.01. The zero-order valence-corrected chi connectivity index (χ0v) is 10.4. The molecular formula is C14H13NOS. The lowest BCUT2D eigenvalue weighted by atomic mass is 10.1. The number of carbonyl (C=O) groups is 1. The number of nitrogens with zero attached hydrogens (tertiary/aromatic N) is 1. The third kappa shape index (κ3) is 3.43. The molecule has 1 aromatic carbocycles. The van der Waals surface area contributed by atoms with Crippen LogP contribution in [0.4, 0.5) is 0 Å². The fourth-order valence-corrected chi connectivity index (χ4v) is 2.18. The van der Waals surface area contributed by atoms with E-state index in [1.165, 1.54) is 17.3 Å². The van der Waals surface area contributed by atoms with E-state index in [1.807, 2.05) is 43.3 Å². The molecule has 2 rings (SSSR count). The van der Waals surface area contributed by atoms with Crippen molar-refractivity contribution in [3.8, 4) is 0 Å². The molecule has 1 aromatic heterocycles. The number of hydrogen-bond donors (Lipinski definition) is 0. The van der Waals surface area contributed by atoms with Gasteiger partial charge in [-0.15, -0.1) is 11.8 Å². The highest BCUT2D eigenvalue weighted by Crippen LogP contribution is 2.18. The number of aryl methyl sites for hydroxylation is 1. The van der Waals surface area contributed by atoms with Crippen molar-refractivity contribution in [2.45, 2.75) is 11.8 Å². The van der Waals surface area contributed by atoms with Crippen molar-refractivity contribution in [1.29, 1.82) is 0 Å². The van der Waals surface area contributed by atoms with Crippen LogP contribution in [0.15, 0.2) is 53.7 Å². The van der Waals surface area contributed by atoms with Gasteiger partial charge in [0, 0.05) is 22.9 Å². The molecule has 2 nitrogen and oxygen atoms in total. The molecule has 0 aliphatic rings. The highest BCUT2D eigenvalue weighted by atomic mass is 32.2. The van der Waals surface area contributed by atoms with Gasteiger partial charge < -0.3 is 0 Å². The van der Waals surface area contributed by atoms with Crippen LogP contribution < -0.4 is 0 Å². The Hall–Kier alpha value is -1.61. The lowest BCUT2D eigenvalue weighted by Crippen LogP contribution is -2.01. The first-order valence-corrected chi connectivity index (χ1v) is 6.37. The first-order chi connectivity index (χ1) is 8.25. The molecule has 86 valence electrons. The number of carbonyl (C=O) groups excluding carboxylic acids is 1. The second-order valence-electron chi connectivity index (χ2n) is 3.76. The van der Waals surface area contributed by atoms with Crippen LogP contribution in [0.3, 0.4) is 0 Å². The molecule has 3 heteroatoms. The minimum Gasteiger partial charge on any atom is -0.293 e. The van der Waals surface area contributed by atoms with E-state index in [-0.39, 0.29) is 5.78 Å². The highest BCUT2D eigenvalue weighted by molar-refractivity contribution is 8.00. The van der Waals surface area contributed by atoms with Crippen molar-refractivity contribution >= 4 is 17.5 Å². The molecule has 0 aliphatic heterocycles. The van der Waals surface area contributed by atoms with Gasteiger partial charge in [-0.25, -0.2) is 0 Å². The largest absolute Gasteiger partial charge is 0.293 e. The Morgan fingerprint density at radius 1 is 1.12 bits per heavy atom. The Labute approximate surface area is 105 Å².